The van der Waals surface area contributed by atoms with Crippen LogP contribution in [0.4, 0.5) is 5.82 Å². The van der Waals surface area contributed by atoms with Crippen LogP contribution in [0.1, 0.15) is 10.5 Å². The van der Waals surface area contributed by atoms with Crippen molar-refractivity contribution in [2.45, 2.75) is 0 Å². The van der Waals surface area contributed by atoms with Crippen LogP contribution in [0.3, 0.4) is 0 Å². The lowest BCUT2D eigenvalue weighted by Gasteiger charge is -2.08. The predicted molar refractivity (Wildman–Crippen MR) is 79.7 cm³/mol. The summed E-state index contributed by atoms with van der Waals surface area (Å²) >= 11 is 5.59. The van der Waals surface area contributed by atoms with Gasteiger partial charge in [0.2, 0.25) is 0 Å². The molecule has 2 N–H and O–H groups in total. The molecule has 1 aromatic heterocycles. The van der Waals surface area contributed by atoms with Crippen LogP contribution in [-0.2, 0) is 4.74 Å². The normalized spacial score (nSPS) is 10.4. The van der Waals surface area contributed by atoms with Gasteiger partial charge in [-0.2, -0.15) is 0 Å². The number of halogens is 2. The molecule has 5 nitrogen and oxygen atoms in total. The van der Waals surface area contributed by atoms with Crippen LogP contribution in [0.25, 0.3) is 5.69 Å². The van der Waals surface area contributed by atoms with Crippen LogP contribution in [0.15, 0.2) is 29.0 Å². The van der Waals surface area contributed by atoms with Gasteiger partial charge >= 0.3 is 5.97 Å². The molecule has 7 heteroatoms. The van der Waals surface area contributed by atoms with Crippen molar-refractivity contribution in [3.8, 4) is 5.69 Å². The second-order valence-electron chi connectivity index (χ2n) is 3.44. The molecule has 1 aromatic carbocycles. The molecule has 2 rings (SSSR count). The van der Waals surface area contributed by atoms with Gasteiger partial charge in [-0.1, -0.05) is 15.9 Å². The van der Waals surface area contributed by atoms with Crippen LogP contribution >= 0.6 is 38.5 Å². The van der Waals surface area contributed by atoms with E-state index >= 15 is 0 Å². The number of nitrogens with zero attached hydrogens (tertiary/aromatic N) is 2. The lowest BCUT2D eigenvalue weighted by molar-refractivity contribution is 0.0596. The zero-order valence-corrected chi connectivity index (χ0v) is 13.1. The standard InChI is InChI=1S/C11H9BrIN3O2/c1-18-11(17)9-10(14)16(5-15-9)8-4-6(12)2-3-7(8)13/h2-5H,14H2,1H3. The molecule has 0 amide bonds. The van der Waals surface area contributed by atoms with Gasteiger partial charge in [0.1, 0.15) is 12.1 Å². The van der Waals surface area contributed by atoms with Crippen molar-refractivity contribution in [2.75, 3.05) is 12.8 Å². The summed E-state index contributed by atoms with van der Waals surface area (Å²) in [5.41, 5.74) is 6.88. The third kappa shape index (κ3) is 2.37. The number of benzene rings is 1. The minimum Gasteiger partial charge on any atom is -0.464 e. The zero-order chi connectivity index (χ0) is 13.3. The van der Waals surface area contributed by atoms with E-state index in [0.717, 1.165) is 13.7 Å². The quantitative estimate of drug-likeness (QED) is 0.597. The Bertz CT molecular complexity index is 612. The van der Waals surface area contributed by atoms with Crippen molar-refractivity contribution >= 4 is 50.3 Å². The molecule has 0 spiro atoms. The molecule has 0 saturated heterocycles. The number of rotatable bonds is 2. The van der Waals surface area contributed by atoms with E-state index in [1.165, 1.54) is 13.4 Å². The van der Waals surface area contributed by atoms with Gasteiger partial charge in [0.25, 0.3) is 0 Å². The fourth-order valence-corrected chi connectivity index (χ4v) is 2.42. The lowest BCUT2D eigenvalue weighted by Crippen LogP contribution is -2.08. The van der Waals surface area contributed by atoms with Crippen LogP contribution in [0.2, 0.25) is 0 Å². The first kappa shape index (κ1) is 13.3. The van der Waals surface area contributed by atoms with Crippen molar-refractivity contribution in [3.05, 3.63) is 38.3 Å². The van der Waals surface area contributed by atoms with Gasteiger partial charge in [0, 0.05) is 8.04 Å². The molecule has 1 heterocycles. The van der Waals surface area contributed by atoms with E-state index in [1.807, 2.05) is 18.2 Å². The molecule has 0 fully saturated rings. The minimum absolute atomic E-state index is 0.119. The molecule has 0 aliphatic carbocycles. The third-order valence-corrected chi connectivity index (χ3v) is 3.76. The van der Waals surface area contributed by atoms with Crippen LogP contribution in [-0.4, -0.2) is 22.6 Å². The topological polar surface area (TPSA) is 70.1 Å². The number of anilines is 1. The monoisotopic (exact) mass is 421 g/mol. The highest BCUT2D eigenvalue weighted by atomic mass is 127. The van der Waals surface area contributed by atoms with Gasteiger partial charge in [0.15, 0.2) is 5.69 Å². The van der Waals surface area contributed by atoms with Crippen LogP contribution in [0, 0.1) is 3.57 Å². The van der Waals surface area contributed by atoms with E-state index in [0.29, 0.717) is 0 Å². The van der Waals surface area contributed by atoms with E-state index in [2.05, 4.69) is 48.2 Å². The maximum Gasteiger partial charge on any atom is 0.360 e. The second-order valence-corrected chi connectivity index (χ2v) is 5.51. The molecule has 0 unspecified atom stereocenters. The SMILES string of the molecule is COC(=O)c1ncn(-c2cc(Br)ccc2I)c1N. The number of nitrogen functional groups attached to an aromatic ring is 1. The van der Waals surface area contributed by atoms with Crippen molar-refractivity contribution in [3.63, 3.8) is 0 Å². The summed E-state index contributed by atoms with van der Waals surface area (Å²) in [5.74, 6) is -0.283. The lowest BCUT2D eigenvalue weighted by atomic mass is 10.3. The molecule has 0 saturated carbocycles. The number of hydrogen-bond donors (Lipinski definition) is 1. The maximum atomic E-state index is 11.4. The van der Waals surface area contributed by atoms with Gasteiger partial charge in [-0.3, -0.25) is 4.57 Å². The smallest absolute Gasteiger partial charge is 0.360 e. The average Bonchev–Trinajstić information content (AvgIpc) is 2.73. The number of carbonyl (C=O) groups excluding carboxylic acids is 1. The highest BCUT2D eigenvalue weighted by Crippen LogP contribution is 2.25. The van der Waals surface area contributed by atoms with Crippen molar-refractivity contribution in [2.24, 2.45) is 0 Å². The summed E-state index contributed by atoms with van der Waals surface area (Å²) in [7, 11) is 1.30. The number of nitrogens with two attached hydrogens (primary N) is 1. The summed E-state index contributed by atoms with van der Waals surface area (Å²) in [4.78, 5) is 15.4. The predicted octanol–water partition coefficient (Wildman–Crippen LogP) is 2.61. The molecular formula is C11H9BrIN3O2. The Morgan fingerprint density at radius 1 is 1.56 bits per heavy atom. The van der Waals surface area contributed by atoms with Gasteiger partial charge in [0.05, 0.1) is 12.8 Å². The number of aromatic nitrogens is 2. The van der Waals surface area contributed by atoms with Crippen LogP contribution < -0.4 is 5.73 Å². The van der Waals surface area contributed by atoms with Crippen molar-refractivity contribution in [1.82, 2.24) is 9.55 Å². The molecule has 18 heavy (non-hydrogen) atoms. The molecule has 94 valence electrons. The molecule has 0 aliphatic heterocycles. The van der Waals surface area contributed by atoms with Gasteiger partial charge < -0.3 is 10.5 Å². The Hall–Kier alpha value is -1.09. The highest BCUT2D eigenvalue weighted by molar-refractivity contribution is 14.1. The molecule has 0 bridgehead atoms. The average molecular weight is 422 g/mol. The molecule has 0 atom stereocenters. The first-order valence-corrected chi connectivity index (χ1v) is 6.78. The highest BCUT2D eigenvalue weighted by Gasteiger charge is 2.17. The van der Waals surface area contributed by atoms with E-state index in [-0.39, 0.29) is 11.5 Å². The zero-order valence-electron chi connectivity index (χ0n) is 9.35. The third-order valence-electron chi connectivity index (χ3n) is 2.35. The fraction of sp³-hybridized carbons (Fsp3) is 0.0909. The number of esters is 1. The van der Waals surface area contributed by atoms with Crippen molar-refractivity contribution < 1.29 is 9.53 Å². The van der Waals surface area contributed by atoms with E-state index in [4.69, 9.17) is 5.73 Å². The number of methoxy groups -OCH3 is 1. The summed E-state index contributed by atoms with van der Waals surface area (Å²) in [6, 6.07) is 5.78. The Morgan fingerprint density at radius 2 is 2.28 bits per heavy atom. The second kappa shape index (κ2) is 5.27. The van der Waals surface area contributed by atoms with Gasteiger partial charge in [-0.15, -0.1) is 0 Å². The molecule has 0 aliphatic rings. The summed E-state index contributed by atoms with van der Waals surface area (Å²) < 4.78 is 8.18. The summed E-state index contributed by atoms with van der Waals surface area (Å²) in [6.45, 7) is 0. The van der Waals surface area contributed by atoms with Gasteiger partial charge in [-0.05, 0) is 40.8 Å². The number of ether oxygens (including phenoxy) is 1. The first-order chi connectivity index (χ1) is 8.54. The van der Waals surface area contributed by atoms with Crippen LogP contribution in [0.5, 0.6) is 0 Å². The Labute approximate surface area is 126 Å². The minimum atomic E-state index is -0.545. The number of carbonyl (C=O) groups is 1. The van der Waals surface area contributed by atoms with E-state index in [1.54, 1.807) is 4.57 Å². The van der Waals surface area contributed by atoms with E-state index < -0.39 is 5.97 Å². The Balaban J connectivity index is 2.55. The summed E-state index contributed by atoms with van der Waals surface area (Å²) in [5, 5.41) is 0. The van der Waals surface area contributed by atoms with Gasteiger partial charge in [-0.25, -0.2) is 9.78 Å². The number of hydrogen-bond acceptors (Lipinski definition) is 4. The fourth-order valence-electron chi connectivity index (χ4n) is 1.47. The first-order valence-electron chi connectivity index (χ1n) is 4.91. The Morgan fingerprint density at radius 3 is 2.94 bits per heavy atom. The Kier molecular flexibility index (Phi) is 3.91. The largest absolute Gasteiger partial charge is 0.464 e. The molecule has 2 aromatic rings. The van der Waals surface area contributed by atoms with E-state index in [9.17, 15) is 4.79 Å². The number of imidazole rings is 1. The maximum absolute atomic E-state index is 11.4. The van der Waals surface area contributed by atoms with Crippen molar-refractivity contribution in [1.29, 1.82) is 0 Å². The molecule has 0 radical (unpaired) electrons. The summed E-state index contributed by atoms with van der Waals surface area (Å²) in [6.07, 6.45) is 1.51. The molecular weight excluding hydrogens is 413 g/mol.